The number of nitrogens with zero attached hydrogens (tertiary/aromatic N) is 1. The molecule has 1 atom stereocenters. The highest BCUT2D eigenvalue weighted by Crippen LogP contribution is 2.42. The number of primary amides is 2. The van der Waals surface area contributed by atoms with Crippen LogP contribution in [0.5, 0.6) is 11.5 Å². The largest absolute Gasteiger partial charge is 0.507 e. The molecule has 0 aliphatic heterocycles. The van der Waals surface area contributed by atoms with Crippen LogP contribution in [-0.4, -0.2) is 80.3 Å². The first-order chi connectivity index (χ1) is 23.3. The third kappa shape index (κ3) is 9.98. The van der Waals surface area contributed by atoms with Gasteiger partial charge in [-0.1, -0.05) is 0 Å². The number of benzene rings is 3. The van der Waals surface area contributed by atoms with Crippen LogP contribution in [0.4, 0.5) is 0 Å². The zero-order valence-corrected chi connectivity index (χ0v) is 26.7. The minimum absolute atomic E-state index is 0.0307. The number of carboxylic acid groups (broad SMARTS) is 2. The lowest BCUT2D eigenvalue weighted by molar-refractivity contribution is -0.143. The van der Waals surface area contributed by atoms with Crippen molar-refractivity contribution in [3.63, 3.8) is 0 Å². The number of aromatic hydroxyl groups is 2. The second-order valence-electron chi connectivity index (χ2n) is 10.7. The van der Waals surface area contributed by atoms with E-state index in [0.29, 0.717) is 16.6 Å². The lowest BCUT2D eigenvalue weighted by Crippen LogP contribution is -2.43. The number of carbonyl (C=O) groups is 5. The maximum Gasteiger partial charge on any atom is 0.326 e. The van der Waals surface area contributed by atoms with Crippen LogP contribution in [0.25, 0.3) is 33.5 Å². The van der Waals surface area contributed by atoms with Crippen LogP contribution in [0.2, 0.25) is 0 Å². The molecule has 0 aliphatic carbocycles. The molecule has 20 heteroatoms. The van der Waals surface area contributed by atoms with Gasteiger partial charge in [0.15, 0.2) is 0 Å². The molecule has 0 saturated heterocycles. The number of carboxylic acids is 2. The molecule has 3 amide bonds. The summed E-state index contributed by atoms with van der Waals surface area (Å²) in [5.74, 6) is -5.78. The Bertz CT molecular complexity index is 2120. The summed E-state index contributed by atoms with van der Waals surface area (Å²) in [7, 11) is -4.21. The molecular weight excluding hydrogens is 680 g/mol. The average Bonchev–Trinajstić information content (AvgIpc) is 3.43. The Morgan fingerprint density at radius 1 is 0.880 bits per heavy atom. The highest BCUT2D eigenvalue weighted by Gasteiger charge is 2.24. The summed E-state index contributed by atoms with van der Waals surface area (Å²) >= 11 is 0. The number of aliphatic carboxylic acids is 2. The normalized spacial score (nSPS) is 11.5. The topological polar surface area (TPSA) is 369 Å². The van der Waals surface area contributed by atoms with E-state index in [1.165, 1.54) is 12.1 Å². The molecule has 0 radical (unpaired) electrons. The molecule has 4 aromatic rings. The van der Waals surface area contributed by atoms with Crippen molar-refractivity contribution in [2.75, 3.05) is 0 Å². The maximum absolute atomic E-state index is 12.8. The molecule has 1 aromatic heterocycles. The number of phenols is 2. The number of rotatable bonds is 13. The van der Waals surface area contributed by atoms with Crippen LogP contribution in [0.1, 0.15) is 30.4 Å². The standard InChI is InChI=1S/C26H25N7O8S.C4H7NO3/c27-21(35)10-19(26(38)39)31-22(36)7-11-5-15(14-9-13(42(30,40)41)2-4-20(14)34)23(37)16(6-11)25-32-17-3-1-12(24(28)29)8-18(17)33-25;5-3(6)1-2-4(7)8/h1-6,8-9,19,34,37H,7,10H2,(H2,27,35)(H3,28,29)(H,31,36)(H,32,33)(H,38,39)(H2,30,40,41);1-2H2,(H2,5,6)(H,7,8). The number of amidine groups is 1. The number of nitrogens with two attached hydrogens (primary N) is 4. The average molecular weight is 713 g/mol. The van der Waals surface area contributed by atoms with Crippen LogP contribution in [0.15, 0.2) is 53.4 Å². The fraction of sp³-hybridized carbons (Fsp3) is 0.167. The number of hydrogen-bond acceptors (Lipinski definition) is 11. The SMILES string of the molecule is N=C(N)c1ccc2nc(-c3cc(CC(=O)NC(CC(N)=O)C(=O)O)cc(-c4cc(S(N)(=O)=O)ccc4O)c3O)[nH]c2c1.NC(=O)CCC(=O)O. The monoisotopic (exact) mass is 712 g/mol. The number of carbonyl (C=O) groups excluding carboxylic acids is 3. The van der Waals surface area contributed by atoms with Gasteiger partial charge in [-0.05, 0) is 54.1 Å². The molecule has 0 bridgehead atoms. The number of hydrogen-bond donors (Lipinski definition) is 11. The van der Waals surface area contributed by atoms with E-state index < -0.39 is 70.1 Å². The van der Waals surface area contributed by atoms with Gasteiger partial charge in [-0.25, -0.2) is 23.3 Å². The number of imidazole rings is 1. The van der Waals surface area contributed by atoms with Crippen molar-refractivity contribution in [3.05, 3.63) is 59.7 Å². The Labute approximate surface area is 282 Å². The summed E-state index contributed by atoms with van der Waals surface area (Å²) in [6, 6.07) is 8.99. The molecule has 19 nitrogen and oxygen atoms in total. The van der Waals surface area contributed by atoms with Gasteiger partial charge in [0, 0.05) is 23.1 Å². The first-order valence-electron chi connectivity index (χ1n) is 14.1. The number of sulfonamides is 1. The molecule has 1 heterocycles. The van der Waals surface area contributed by atoms with E-state index in [0.717, 1.165) is 18.2 Å². The van der Waals surface area contributed by atoms with Gasteiger partial charge >= 0.3 is 11.9 Å². The quantitative estimate of drug-likeness (QED) is 0.0619. The third-order valence-electron chi connectivity index (χ3n) is 6.79. The molecule has 0 saturated carbocycles. The second kappa shape index (κ2) is 15.6. The van der Waals surface area contributed by atoms with Crippen molar-refractivity contribution >= 4 is 56.6 Å². The molecular formula is C30H32N8O11S. The van der Waals surface area contributed by atoms with E-state index in [4.69, 9.17) is 27.1 Å². The Hall–Kier alpha value is -6.54. The van der Waals surface area contributed by atoms with Gasteiger partial charge in [0.1, 0.15) is 29.2 Å². The fourth-order valence-corrected chi connectivity index (χ4v) is 5.00. The maximum atomic E-state index is 12.8. The molecule has 0 fully saturated rings. The number of aromatic nitrogens is 2. The predicted molar refractivity (Wildman–Crippen MR) is 176 cm³/mol. The Balaban J connectivity index is 0.000000753. The van der Waals surface area contributed by atoms with Crippen molar-refractivity contribution in [1.82, 2.24) is 15.3 Å². The van der Waals surface area contributed by atoms with E-state index in [1.807, 2.05) is 0 Å². The molecule has 4 rings (SSSR count). The number of H-pyrrole nitrogens is 1. The smallest absolute Gasteiger partial charge is 0.326 e. The van der Waals surface area contributed by atoms with E-state index >= 15 is 0 Å². The summed E-state index contributed by atoms with van der Waals surface area (Å²) < 4.78 is 24.0. The summed E-state index contributed by atoms with van der Waals surface area (Å²) in [4.78, 5) is 62.1. The Kier molecular flexibility index (Phi) is 11.8. The molecule has 15 N–H and O–H groups in total. The first kappa shape index (κ1) is 37.9. The van der Waals surface area contributed by atoms with Crippen molar-refractivity contribution in [3.8, 4) is 34.0 Å². The Morgan fingerprint density at radius 2 is 1.54 bits per heavy atom. The van der Waals surface area contributed by atoms with E-state index in [1.54, 1.807) is 18.2 Å². The summed E-state index contributed by atoms with van der Waals surface area (Å²) in [6.45, 7) is 0. The molecule has 0 aliphatic rings. The number of primary sulfonamides is 1. The van der Waals surface area contributed by atoms with Gasteiger partial charge in [-0.15, -0.1) is 0 Å². The van der Waals surface area contributed by atoms with Crippen molar-refractivity contribution in [1.29, 1.82) is 5.41 Å². The highest BCUT2D eigenvalue weighted by molar-refractivity contribution is 7.89. The summed E-state index contributed by atoms with van der Waals surface area (Å²) in [5.41, 5.74) is 16.5. The summed E-state index contributed by atoms with van der Waals surface area (Å²) in [5, 5.41) is 54.3. The first-order valence-corrected chi connectivity index (χ1v) is 15.7. The minimum atomic E-state index is -4.21. The van der Waals surface area contributed by atoms with Crippen LogP contribution in [-0.2, 0) is 40.4 Å². The van der Waals surface area contributed by atoms with Crippen molar-refractivity contribution in [2.24, 2.45) is 22.3 Å². The minimum Gasteiger partial charge on any atom is -0.507 e. The van der Waals surface area contributed by atoms with Gasteiger partial charge in [0.2, 0.25) is 27.7 Å². The van der Waals surface area contributed by atoms with Crippen LogP contribution in [0.3, 0.4) is 0 Å². The molecule has 1 unspecified atom stereocenters. The zero-order valence-electron chi connectivity index (χ0n) is 25.8. The van der Waals surface area contributed by atoms with Crippen LogP contribution in [0, 0.1) is 5.41 Å². The highest BCUT2D eigenvalue weighted by atomic mass is 32.2. The van der Waals surface area contributed by atoms with E-state index in [2.05, 4.69) is 21.0 Å². The number of phenolic OH excluding ortho intramolecular Hbond substituents is 2. The van der Waals surface area contributed by atoms with Crippen molar-refractivity contribution < 1.29 is 52.8 Å². The van der Waals surface area contributed by atoms with Gasteiger partial charge in [0.25, 0.3) is 0 Å². The molecule has 3 aromatic carbocycles. The number of fused-ring (bicyclic) bond motifs is 1. The third-order valence-corrected chi connectivity index (χ3v) is 7.70. The Morgan fingerprint density at radius 3 is 2.08 bits per heavy atom. The van der Waals surface area contributed by atoms with Crippen LogP contribution < -0.4 is 27.7 Å². The van der Waals surface area contributed by atoms with Crippen LogP contribution >= 0.6 is 0 Å². The van der Waals surface area contributed by atoms with Crippen molar-refractivity contribution in [2.45, 2.75) is 36.6 Å². The number of amides is 3. The molecule has 50 heavy (non-hydrogen) atoms. The van der Waals surface area contributed by atoms with Gasteiger partial charge in [-0.2, -0.15) is 0 Å². The van der Waals surface area contributed by atoms with E-state index in [9.17, 15) is 47.7 Å². The van der Waals surface area contributed by atoms with E-state index in [-0.39, 0.29) is 51.7 Å². The second-order valence-corrected chi connectivity index (χ2v) is 12.2. The summed E-state index contributed by atoms with van der Waals surface area (Å²) in [6.07, 6.45) is -1.36. The lowest BCUT2D eigenvalue weighted by atomic mass is 9.95. The van der Waals surface area contributed by atoms with Gasteiger partial charge in [-0.3, -0.25) is 24.6 Å². The molecule has 0 spiro atoms. The fourth-order valence-electron chi connectivity index (χ4n) is 4.46. The number of aromatic amines is 1. The number of nitrogens with one attached hydrogen (secondary N) is 3. The number of nitrogen functional groups attached to an aromatic ring is 1. The molecule has 264 valence electrons. The van der Waals surface area contributed by atoms with Gasteiger partial charge < -0.3 is 47.9 Å². The lowest BCUT2D eigenvalue weighted by Gasteiger charge is -2.16. The zero-order chi connectivity index (χ0) is 37.5. The predicted octanol–water partition coefficient (Wildman–Crippen LogP) is -0.437. The van der Waals surface area contributed by atoms with Gasteiger partial charge in [0.05, 0.1) is 40.8 Å².